The molecule has 0 saturated carbocycles. The van der Waals surface area contributed by atoms with Gasteiger partial charge in [-0.15, -0.1) is 11.3 Å². The minimum Gasteiger partial charge on any atom is -0.465 e. The summed E-state index contributed by atoms with van der Waals surface area (Å²) in [6.45, 7) is 4.35. The molecule has 3 aromatic rings. The number of carbonyl (C=O) groups is 2. The molecule has 1 aliphatic rings. The predicted molar refractivity (Wildman–Crippen MR) is 137 cm³/mol. The first kappa shape index (κ1) is 24.2. The fourth-order valence-electron chi connectivity index (χ4n) is 3.90. The molecule has 178 valence electrons. The maximum Gasteiger partial charge on any atom is 0.323 e. The lowest BCUT2D eigenvalue weighted by atomic mass is 9.97. The lowest BCUT2D eigenvalue weighted by molar-refractivity contribution is -0.144. The number of esters is 1. The van der Waals surface area contributed by atoms with Gasteiger partial charge in [-0.1, -0.05) is 35.9 Å². The lowest BCUT2D eigenvalue weighted by Crippen LogP contribution is -2.37. The van der Waals surface area contributed by atoms with Crippen molar-refractivity contribution in [3.63, 3.8) is 0 Å². The van der Waals surface area contributed by atoms with Crippen LogP contribution in [0.3, 0.4) is 0 Å². The van der Waals surface area contributed by atoms with Crippen molar-refractivity contribution < 1.29 is 14.3 Å². The van der Waals surface area contributed by atoms with Gasteiger partial charge in [0.05, 0.1) is 33.7 Å². The van der Waals surface area contributed by atoms with Crippen LogP contribution < -0.4 is 10.6 Å². The number of hydrogen-bond acceptors (Lipinski definition) is 6. The van der Waals surface area contributed by atoms with Crippen LogP contribution in [0.2, 0.25) is 5.02 Å². The third-order valence-electron chi connectivity index (χ3n) is 5.67. The van der Waals surface area contributed by atoms with Crippen LogP contribution in [0.1, 0.15) is 30.7 Å². The quantitative estimate of drug-likeness (QED) is 0.399. The molecule has 1 aromatic heterocycles. The van der Waals surface area contributed by atoms with E-state index in [4.69, 9.17) is 16.3 Å². The van der Waals surface area contributed by atoms with Gasteiger partial charge in [-0.05, 0) is 62.7 Å². The third kappa shape index (κ3) is 6.34. The third-order valence-corrected chi connectivity index (χ3v) is 7.21. The minimum atomic E-state index is -0.352. The molecule has 0 atom stereocenters. The average molecular weight is 499 g/mol. The number of nitrogens with one attached hydrogen (secondary N) is 2. The summed E-state index contributed by atoms with van der Waals surface area (Å²) in [5.41, 5.74) is 2.30. The molecule has 0 radical (unpaired) electrons. The van der Waals surface area contributed by atoms with E-state index < -0.39 is 0 Å². The molecule has 1 fully saturated rings. The van der Waals surface area contributed by atoms with Crippen LogP contribution in [0.25, 0.3) is 10.4 Å². The number of para-hydroxylation sites is 1. The first-order valence-corrected chi connectivity index (χ1v) is 12.5. The number of nitrogens with zero attached hydrogens (tertiary/aromatic N) is 2. The number of piperidine rings is 1. The number of ether oxygens (including phenoxy) is 1. The van der Waals surface area contributed by atoms with E-state index in [1.807, 2.05) is 49.5 Å². The number of halogens is 1. The first-order chi connectivity index (χ1) is 16.5. The van der Waals surface area contributed by atoms with Crippen molar-refractivity contribution in [1.82, 2.24) is 9.88 Å². The first-order valence-electron chi connectivity index (χ1n) is 11.3. The number of aromatic nitrogens is 1. The molecule has 2 amide bonds. The highest BCUT2D eigenvalue weighted by atomic mass is 35.5. The van der Waals surface area contributed by atoms with E-state index in [0.717, 1.165) is 41.4 Å². The van der Waals surface area contributed by atoms with Crippen LogP contribution in [0, 0.1) is 0 Å². The van der Waals surface area contributed by atoms with Crippen molar-refractivity contribution >= 4 is 46.3 Å². The second-order valence-corrected chi connectivity index (χ2v) is 9.52. The number of carbonyl (C=O) groups excluding carboxylic acids is 2. The normalized spacial score (nSPS) is 14.5. The molecule has 0 spiro atoms. The predicted octanol–water partition coefficient (Wildman–Crippen LogP) is 5.85. The number of thiazole rings is 1. The van der Waals surface area contributed by atoms with Gasteiger partial charge in [-0.25, -0.2) is 9.78 Å². The molecule has 4 rings (SSSR count). The van der Waals surface area contributed by atoms with E-state index in [-0.39, 0.29) is 12.0 Å². The van der Waals surface area contributed by atoms with Crippen LogP contribution in [0.5, 0.6) is 0 Å². The zero-order chi connectivity index (χ0) is 23.9. The van der Waals surface area contributed by atoms with Crippen molar-refractivity contribution in [2.24, 2.45) is 0 Å². The second kappa shape index (κ2) is 11.5. The zero-order valence-electron chi connectivity index (χ0n) is 18.9. The Hall–Kier alpha value is -2.94. The molecule has 34 heavy (non-hydrogen) atoms. The number of hydrogen-bond donors (Lipinski definition) is 2. The minimum absolute atomic E-state index is 0.156. The number of anilines is 2. The highest BCUT2D eigenvalue weighted by molar-refractivity contribution is 7.15. The monoisotopic (exact) mass is 498 g/mol. The average Bonchev–Trinajstić information content (AvgIpc) is 3.32. The summed E-state index contributed by atoms with van der Waals surface area (Å²) >= 11 is 7.79. The van der Waals surface area contributed by atoms with Gasteiger partial charge in [0, 0.05) is 17.8 Å². The van der Waals surface area contributed by atoms with Crippen LogP contribution >= 0.6 is 22.9 Å². The maximum absolute atomic E-state index is 12.3. The van der Waals surface area contributed by atoms with E-state index >= 15 is 0 Å². The maximum atomic E-state index is 12.3. The Kier molecular flexibility index (Phi) is 8.16. The SMILES string of the molecule is CCOC(=O)CN1CCC(c2ncc(-c3ccc(NC(=O)Nc4ccccc4Cl)cc3)s2)CC1. The Morgan fingerprint density at radius 3 is 2.56 bits per heavy atom. The lowest BCUT2D eigenvalue weighted by Gasteiger charge is -2.30. The van der Waals surface area contributed by atoms with Crippen molar-refractivity contribution in [3.05, 3.63) is 64.8 Å². The Morgan fingerprint density at radius 1 is 1.12 bits per heavy atom. The molecule has 2 heterocycles. The van der Waals surface area contributed by atoms with Crippen LogP contribution in [0.15, 0.2) is 54.7 Å². The standard InChI is InChI=1S/C25H27ClN4O3S/c1-2-33-23(31)16-30-13-11-18(12-14-30)24-27-15-22(34-24)17-7-9-19(10-8-17)28-25(32)29-21-6-4-3-5-20(21)26/h3-10,15,18H,2,11-14,16H2,1H3,(H2,28,29,32). The van der Waals surface area contributed by atoms with Gasteiger partial charge in [0.2, 0.25) is 0 Å². The number of urea groups is 1. The van der Waals surface area contributed by atoms with Crippen LogP contribution in [0.4, 0.5) is 16.2 Å². The van der Waals surface area contributed by atoms with E-state index in [2.05, 4.69) is 20.5 Å². The van der Waals surface area contributed by atoms with Crippen LogP contribution in [-0.2, 0) is 9.53 Å². The summed E-state index contributed by atoms with van der Waals surface area (Å²) in [6, 6.07) is 14.4. The van der Waals surface area contributed by atoms with E-state index in [1.54, 1.807) is 23.5 Å². The van der Waals surface area contributed by atoms with Gasteiger partial charge in [-0.2, -0.15) is 0 Å². The van der Waals surface area contributed by atoms with Crippen molar-refractivity contribution in [1.29, 1.82) is 0 Å². The molecule has 2 N–H and O–H groups in total. The molecular weight excluding hydrogens is 472 g/mol. The smallest absolute Gasteiger partial charge is 0.323 e. The summed E-state index contributed by atoms with van der Waals surface area (Å²) in [4.78, 5) is 31.9. The Bertz CT molecular complexity index is 1130. The van der Waals surface area contributed by atoms with Gasteiger partial charge in [0.1, 0.15) is 0 Å². The van der Waals surface area contributed by atoms with Gasteiger partial charge >= 0.3 is 12.0 Å². The largest absolute Gasteiger partial charge is 0.465 e. The second-order valence-electron chi connectivity index (χ2n) is 8.05. The Labute approximate surface area is 208 Å². The number of likely N-dealkylation sites (tertiary alicyclic amines) is 1. The number of rotatable bonds is 7. The molecule has 2 aromatic carbocycles. The molecule has 9 heteroatoms. The molecular formula is C25H27ClN4O3S. The summed E-state index contributed by atoms with van der Waals surface area (Å²) in [5, 5.41) is 7.18. The van der Waals surface area contributed by atoms with Gasteiger partial charge in [0.15, 0.2) is 0 Å². The summed E-state index contributed by atoms with van der Waals surface area (Å²) in [7, 11) is 0. The highest BCUT2D eigenvalue weighted by Crippen LogP contribution is 2.35. The molecule has 0 aliphatic carbocycles. The summed E-state index contributed by atoms with van der Waals surface area (Å²) in [5.74, 6) is 0.253. The highest BCUT2D eigenvalue weighted by Gasteiger charge is 2.24. The fraction of sp³-hybridized carbons (Fsp3) is 0.320. The molecule has 0 bridgehead atoms. The Morgan fingerprint density at radius 2 is 1.85 bits per heavy atom. The summed E-state index contributed by atoms with van der Waals surface area (Å²) < 4.78 is 5.05. The fourth-order valence-corrected chi connectivity index (χ4v) is 5.18. The molecule has 7 nitrogen and oxygen atoms in total. The summed E-state index contributed by atoms with van der Waals surface area (Å²) in [6.07, 6.45) is 3.88. The number of amides is 2. The van der Waals surface area contributed by atoms with Gasteiger partial charge in [0.25, 0.3) is 0 Å². The molecule has 1 aliphatic heterocycles. The molecule has 0 unspecified atom stereocenters. The van der Waals surface area contributed by atoms with E-state index in [9.17, 15) is 9.59 Å². The molecule has 1 saturated heterocycles. The van der Waals surface area contributed by atoms with Crippen molar-refractivity contribution in [2.75, 3.05) is 36.9 Å². The van der Waals surface area contributed by atoms with E-state index in [0.29, 0.717) is 35.5 Å². The zero-order valence-corrected chi connectivity index (χ0v) is 20.5. The Balaban J connectivity index is 1.30. The van der Waals surface area contributed by atoms with Gasteiger partial charge < -0.3 is 15.4 Å². The van der Waals surface area contributed by atoms with Crippen LogP contribution in [-0.4, -0.2) is 48.1 Å². The van der Waals surface area contributed by atoms with Crippen molar-refractivity contribution in [2.45, 2.75) is 25.7 Å². The van der Waals surface area contributed by atoms with Gasteiger partial charge in [-0.3, -0.25) is 9.69 Å². The van der Waals surface area contributed by atoms with E-state index in [1.165, 1.54) is 0 Å². The topological polar surface area (TPSA) is 83.6 Å². The number of benzene rings is 2. The van der Waals surface area contributed by atoms with Crippen molar-refractivity contribution in [3.8, 4) is 10.4 Å².